The maximum absolute atomic E-state index is 13.1. The quantitative estimate of drug-likeness (QED) is 0.705. The largest absolute Gasteiger partial charge is 0.493 e. The van der Waals surface area contributed by atoms with Gasteiger partial charge in [-0.05, 0) is 6.07 Å². The lowest BCUT2D eigenvalue weighted by Gasteiger charge is -2.28. The summed E-state index contributed by atoms with van der Waals surface area (Å²) in [5, 5.41) is 0.450. The van der Waals surface area contributed by atoms with Gasteiger partial charge in [-0.15, -0.1) is 11.8 Å². The minimum absolute atomic E-state index is 0.0658. The fraction of sp³-hybridized carbons (Fsp3) is 0.500. The molecule has 0 saturated carbocycles. The van der Waals surface area contributed by atoms with Crippen LogP contribution in [0.5, 0.6) is 11.5 Å². The van der Waals surface area contributed by atoms with Crippen molar-refractivity contribution in [1.29, 1.82) is 0 Å². The molecule has 0 radical (unpaired) electrons. The third-order valence-electron chi connectivity index (χ3n) is 5.62. The number of rotatable bonds is 3. The molecule has 0 spiro atoms. The van der Waals surface area contributed by atoms with Gasteiger partial charge in [-0.2, -0.15) is 0 Å². The second-order valence-electron chi connectivity index (χ2n) is 7.29. The highest BCUT2D eigenvalue weighted by Crippen LogP contribution is 2.30. The van der Waals surface area contributed by atoms with Crippen LogP contribution in [0.15, 0.2) is 16.9 Å². The number of hydrogen-bond acceptors (Lipinski definition) is 7. The molecule has 30 heavy (non-hydrogen) atoms. The van der Waals surface area contributed by atoms with Crippen LogP contribution < -0.4 is 15.0 Å². The van der Waals surface area contributed by atoms with Crippen LogP contribution in [-0.4, -0.2) is 76.1 Å². The maximum atomic E-state index is 13.1. The van der Waals surface area contributed by atoms with E-state index in [4.69, 9.17) is 9.47 Å². The Morgan fingerprint density at radius 1 is 1.13 bits per heavy atom. The molecular formula is C20H24N4O5S. The normalized spacial score (nSPS) is 18.8. The molecule has 0 N–H and O–H groups in total. The first-order chi connectivity index (χ1) is 14.4. The Hall–Kier alpha value is -2.75. The molecule has 160 valence electrons. The third kappa shape index (κ3) is 3.49. The summed E-state index contributed by atoms with van der Waals surface area (Å²) in [6.07, 6.45) is 0.463. The lowest BCUT2D eigenvalue weighted by atomic mass is 10.2. The van der Waals surface area contributed by atoms with E-state index >= 15 is 0 Å². The smallest absolute Gasteiger partial charge is 0.261 e. The molecule has 10 heteroatoms. The number of amides is 2. The van der Waals surface area contributed by atoms with Crippen molar-refractivity contribution in [2.75, 3.05) is 38.9 Å². The zero-order valence-corrected chi connectivity index (χ0v) is 18.0. The first-order valence-electron chi connectivity index (χ1n) is 9.73. The number of carbonyl (C=O) groups is 2. The van der Waals surface area contributed by atoms with Crippen molar-refractivity contribution in [3.63, 3.8) is 0 Å². The van der Waals surface area contributed by atoms with E-state index < -0.39 is 6.04 Å². The van der Waals surface area contributed by atoms with Gasteiger partial charge in [-0.3, -0.25) is 19.0 Å². The number of thioether (sulfide) groups is 1. The first kappa shape index (κ1) is 20.5. The molecule has 1 atom stereocenters. The first-order valence-corrected chi connectivity index (χ1v) is 10.9. The lowest BCUT2D eigenvalue weighted by Crippen LogP contribution is -2.49. The zero-order chi connectivity index (χ0) is 21.4. The molecule has 1 aromatic carbocycles. The average Bonchev–Trinajstić information content (AvgIpc) is 3.14. The van der Waals surface area contributed by atoms with Gasteiger partial charge in [0.05, 0.1) is 31.0 Å². The topological polar surface area (TPSA) is 94.0 Å². The van der Waals surface area contributed by atoms with Crippen LogP contribution in [0, 0.1) is 0 Å². The van der Waals surface area contributed by atoms with Crippen molar-refractivity contribution in [1.82, 2.24) is 19.4 Å². The van der Waals surface area contributed by atoms with Crippen LogP contribution in [0.4, 0.5) is 0 Å². The molecule has 3 heterocycles. The number of ether oxygens (including phenoxy) is 2. The SMILES string of the molecule is COc1cc2nc3n(c(=O)c2cc1OC)CCN(C(=O)[C@@H]1CSCN1C(C)=O)CC3. The van der Waals surface area contributed by atoms with Crippen LogP contribution >= 0.6 is 11.8 Å². The molecule has 9 nitrogen and oxygen atoms in total. The van der Waals surface area contributed by atoms with Gasteiger partial charge < -0.3 is 19.3 Å². The van der Waals surface area contributed by atoms with Crippen molar-refractivity contribution in [2.45, 2.75) is 25.9 Å². The molecule has 2 aromatic rings. The Morgan fingerprint density at radius 3 is 2.57 bits per heavy atom. The average molecular weight is 433 g/mol. The van der Waals surface area contributed by atoms with Crippen molar-refractivity contribution < 1.29 is 19.1 Å². The summed E-state index contributed by atoms with van der Waals surface area (Å²) in [7, 11) is 3.06. The van der Waals surface area contributed by atoms with E-state index in [1.165, 1.54) is 21.1 Å². The maximum Gasteiger partial charge on any atom is 0.261 e. The van der Waals surface area contributed by atoms with Crippen molar-refractivity contribution >= 4 is 34.5 Å². The van der Waals surface area contributed by atoms with Gasteiger partial charge in [0.25, 0.3) is 5.56 Å². The van der Waals surface area contributed by atoms with Crippen LogP contribution in [0.3, 0.4) is 0 Å². The molecule has 0 bridgehead atoms. The molecule has 2 aliphatic heterocycles. The number of carbonyl (C=O) groups excluding carboxylic acids is 2. The Labute approximate surface area is 177 Å². The standard InChI is InChI=1S/C20H24N4O5S/c1-12(25)24-11-30-10-15(24)20(27)22-5-4-18-21-14-9-17(29-3)16(28-2)8-13(14)19(26)23(18)7-6-22/h8-9,15H,4-7,10-11H2,1-3H3/t15-/m0/s1. The highest BCUT2D eigenvalue weighted by molar-refractivity contribution is 7.99. The zero-order valence-electron chi connectivity index (χ0n) is 17.2. The van der Waals surface area contributed by atoms with Crippen molar-refractivity contribution in [3.8, 4) is 11.5 Å². The van der Waals surface area contributed by atoms with Gasteiger partial charge in [-0.1, -0.05) is 0 Å². The number of hydrogen-bond donors (Lipinski definition) is 0. The van der Waals surface area contributed by atoms with Crippen LogP contribution in [0.25, 0.3) is 10.9 Å². The summed E-state index contributed by atoms with van der Waals surface area (Å²) >= 11 is 1.58. The monoisotopic (exact) mass is 432 g/mol. The van der Waals surface area contributed by atoms with Gasteiger partial charge in [0.2, 0.25) is 11.8 Å². The van der Waals surface area contributed by atoms with E-state index in [0.29, 0.717) is 65.9 Å². The summed E-state index contributed by atoms with van der Waals surface area (Å²) < 4.78 is 12.3. The van der Waals surface area contributed by atoms with Gasteiger partial charge in [0.1, 0.15) is 11.9 Å². The highest BCUT2D eigenvalue weighted by atomic mass is 32.2. The number of aromatic nitrogens is 2. The fourth-order valence-electron chi connectivity index (χ4n) is 3.97. The molecule has 4 rings (SSSR count). The molecule has 1 saturated heterocycles. The van der Waals surface area contributed by atoms with Crippen LogP contribution in [-0.2, 0) is 22.6 Å². The van der Waals surface area contributed by atoms with Crippen molar-refractivity contribution in [3.05, 3.63) is 28.3 Å². The number of nitrogens with zero attached hydrogens (tertiary/aromatic N) is 4. The second-order valence-corrected chi connectivity index (χ2v) is 8.29. The van der Waals surface area contributed by atoms with E-state index in [1.807, 2.05) is 0 Å². The van der Waals surface area contributed by atoms with E-state index in [-0.39, 0.29) is 17.4 Å². The molecule has 2 amide bonds. The van der Waals surface area contributed by atoms with Gasteiger partial charge in [0, 0.05) is 44.8 Å². The van der Waals surface area contributed by atoms with Gasteiger partial charge >= 0.3 is 0 Å². The van der Waals surface area contributed by atoms with Gasteiger partial charge in [-0.25, -0.2) is 4.98 Å². The molecule has 2 aliphatic rings. The summed E-state index contributed by atoms with van der Waals surface area (Å²) in [4.78, 5) is 46.1. The summed E-state index contributed by atoms with van der Waals surface area (Å²) in [5.41, 5.74) is 0.380. The summed E-state index contributed by atoms with van der Waals surface area (Å²) in [6.45, 7) is 2.70. The second kappa shape index (κ2) is 8.17. The minimum atomic E-state index is -0.439. The Balaban J connectivity index is 1.64. The molecule has 1 fully saturated rings. The Bertz CT molecular complexity index is 1070. The van der Waals surface area contributed by atoms with E-state index in [1.54, 1.807) is 38.3 Å². The minimum Gasteiger partial charge on any atom is -0.493 e. The summed E-state index contributed by atoms with van der Waals surface area (Å²) in [5.74, 6) is 2.60. The predicted octanol–water partition coefficient (Wildman–Crippen LogP) is 0.720. The Kier molecular flexibility index (Phi) is 5.59. The number of methoxy groups -OCH3 is 2. The van der Waals surface area contributed by atoms with Crippen LogP contribution in [0.2, 0.25) is 0 Å². The van der Waals surface area contributed by atoms with E-state index in [9.17, 15) is 14.4 Å². The van der Waals surface area contributed by atoms with Gasteiger partial charge in [0.15, 0.2) is 11.5 Å². The predicted molar refractivity (Wildman–Crippen MR) is 113 cm³/mol. The van der Waals surface area contributed by atoms with E-state index in [2.05, 4.69) is 4.98 Å². The molecule has 1 aromatic heterocycles. The third-order valence-corrected chi connectivity index (χ3v) is 6.63. The molecule has 0 unspecified atom stereocenters. The highest BCUT2D eigenvalue weighted by Gasteiger charge is 2.36. The van der Waals surface area contributed by atoms with Crippen LogP contribution in [0.1, 0.15) is 12.7 Å². The Morgan fingerprint density at radius 2 is 1.87 bits per heavy atom. The summed E-state index contributed by atoms with van der Waals surface area (Å²) in [6, 6.07) is 2.90. The molecular weight excluding hydrogens is 408 g/mol. The number of fused-ring (bicyclic) bond motifs is 2. The fourth-order valence-corrected chi connectivity index (χ4v) is 5.18. The molecule has 0 aliphatic carbocycles. The number of benzene rings is 1. The van der Waals surface area contributed by atoms with E-state index in [0.717, 1.165) is 0 Å². The lowest BCUT2D eigenvalue weighted by molar-refractivity contribution is -0.142. The van der Waals surface area contributed by atoms with Crippen molar-refractivity contribution in [2.24, 2.45) is 0 Å².